The number of carbonyl (C=O) groups excluding carboxylic acids is 2. The summed E-state index contributed by atoms with van der Waals surface area (Å²) < 4.78 is 5.10. The third kappa shape index (κ3) is 6.02. The van der Waals surface area contributed by atoms with Crippen molar-refractivity contribution in [3.63, 3.8) is 0 Å². The van der Waals surface area contributed by atoms with Crippen molar-refractivity contribution in [3.8, 4) is 5.75 Å². The summed E-state index contributed by atoms with van der Waals surface area (Å²) in [4.78, 5) is 47.4. The number of anilines is 1. The quantitative estimate of drug-likeness (QED) is 0.374. The van der Waals surface area contributed by atoms with Gasteiger partial charge in [-0.3, -0.25) is 24.5 Å². The molecule has 0 spiro atoms. The molecule has 1 aliphatic rings. The van der Waals surface area contributed by atoms with Crippen LogP contribution in [0.4, 0.5) is 11.4 Å². The van der Waals surface area contributed by atoms with E-state index in [1.807, 2.05) is 0 Å². The number of carboxylic acid groups (broad SMARTS) is 1. The normalized spacial score (nSPS) is 17.5. The van der Waals surface area contributed by atoms with Crippen molar-refractivity contribution in [3.05, 3.63) is 62.7 Å². The average molecular weight is 490 g/mol. The summed E-state index contributed by atoms with van der Waals surface area (Å²) in [5.41, 5.74) is 0.477. The lowest BCUT2D eigenvalue weighted by Crippen LogP contribution is -2.31. The van der Waals surface area contributed by atoms with Crippen molar-refractivity contribution >= 4 is 40.8 Å². The Bertz CT molecular complexity index is 1110. The van der Waals surface area contributed by atoms with Crippen molar-refractivity contribution in [1.82, 2.24) is 5.32 Å². The molecule has 2 aromatic rings. The van der Waals surface area contributed by atoms with Gasteiger partial charge in [0.1, 0.15) is 5.75 Å². The van der Waals surface area contributed by atoms with E-state index in [0.29, 0.717) is 42.0 Å². The Labute approximate surface area is 200 Å². The molecule has 2 aromatic carbocycles. The smallest absolute Gasteiger partial charge is 0.306 e. The maximum Gasteiger partial charge on any atom is 0.306 e. The van der Waals surface area contributed by atoms with Gasteiger partial charge in [-0.1, -0.05) is 17.7 Å². The first-order valence-corrected chi connectivity index (χ1v) is 11.0. The fourth-order valence-corrected chi connectivity index (χ4v) is 4.16. The zero-order valence-electron chi connectivity index (χ0n) is 18.4. The summed E-state index contributed by atoms with van der Waals surface area (Å²) in [6.07, 6.45) is 1.61. The van der Waals surface area contributed by atoms with Crippen LogP contribution >= 0.6 is 11.6 Å². The Morgan fingerprint density at radius 1 is 1.12 bits per heavy atom. The lowest BCUT2D eigenvalue weighted by molar-refractivity contribution is -0.384. The number of hydrogen-bond acceptors (Lipinski definition) is 6. The lowest BCUT2D eigenvalue weighted by Gasteiger charge is -2.25. The zero-order chi connectivity index (χ0) is 24.8. The number of carboxylic acids is 1. The summed E-state index contributed by atoms with van der Waals surface area (Å²) in [5, 5.41) is 26.1. The Morgan fingerprint density at radius 3 is 2.38 bits per heavy atom. The van der Waals surface area contributed by atoms with Gasteiger partial charge in [-0.15, -0.1) is 0 Å². The van der Waals surface area contributed by atoms with E-state index in [1.54, 1.807) is 18.2 Å². The molecule has 0 atom stereocenters. The molecule has 10 nitrogen and oxygen atoms in total. The number of nitro groups is 1. The zero-order valence-corrected chi connectivity index (χ0v) is 19.1. The highest BCUT2D eigenvalue weighted by atomic mass is 35.5. The Balaban J connectivity index is 1.74. The van der Waals surface area contributed by atoms with E-state index >= 15 is 0 Å². The summed E-state index contributed by atoms with van der Waals surface area (Å²) >= 11 is 6.11. The van der Waals surface area contributed by atoms with Gasteiger partial charge in [-0.2, -0.15) is 0 Å². The van der Waals surface area contributed by atoms with E-state index in [4.69, 9.17) is 21.4 Å². The van der Waals surface area contributed by atoms with Crippen LogP contribution in [-0.4, -0.2) is 34.9 Å². The number of nitrogens with one attached hydrogen (secondary N) is 2. The van der Waals surface area contributed by atoms with Crippen LogP contribution in [0.1, 0.15) is 41.6 Å². The highest BCUT2D eigenvalue weighted by Crippen LogP contribution is 2.31. The number of nitro benzene ring substituents is 1. The number of ether oxygens (including phenoxy) is 1. The largest absolute Gasteiger partial charge is 0.495 e. The molecular weight excluding hydrogens is 466 g/mol. The van der Waals surface area contributed by atoms with Crippen LogP contribution in [0.2, 0.25) is 5.02 Å². The van der Waals surface area contributed by atoms with Crippen LogP contribution in [-0.2, 0) is 16.1 Å². The average Bonchev–Trinajstić information content (AvgIpc) is 2.82. The second-order valence-corrected chi connectivity index (χ2v) is 8.42. The first-order chi connectivity index (χ1) is 16.2. The summed E-state index contributed by atoms with van der Waals surface area (Å²) in [6, 6.07) is 8.63. The number of rotatable bonds is 8. The minimum atomic E-state index is -0.869. The van der Waals surface area contributed by atoms with Crippen molar-refractivity contribution in [2.24, 2.45) is 11.8 Å². The summed E-state index contributed by atoms with van der Waals surface area (Å²) in [6.45, 7) is 0.0951. The molecule has 2 amide bonds. The number of halogens is 1. The number of carbonyl (C=O) groups is 3. The molecule has 0 radical (unpaired) electrons. The fraction of sp³-hybridized carbons (Fsp3) is 0.348. The minimum Gasteiger partial charge on any atom is -0.495 e. The molecule has 0 aromatic heterocycles. The molecule has 11 heteroatoms. The third-order valence-electron chi connectivity index (χ3n) is 5.83. The number of nitrogens with zero attached hydrogens (tertiary/aromatic N) is 1. The summed E-state index contributed by atoms with van der Waals surface area (Å²) in [7, 11) is 1.48. The van der Waals surface area contributed by atoms with Gasteiger partial charge in [0.15, 0.2) is 0 Å². The molecule has 1 aliphatic carbocycles. The molecule has 34 heavy (non-hydrogen) atoms. The number of benzene rings is 2. The number of methoxy groups -OCH3 is 1. The van der Waals surface area contributed by atoms with Crippen molar-refractivity contribution in [1.29, 1.82) is 0 Å². The maximum absolute atomic E-state index is 12.9. The lowest BCUT2D eigenvalue weighted by atomic mass is 9.81. The molecule has 0 saturated heterocycles. The first-order valence-electron chi connectivity index (χ1n) is 10.6. The van der Waals surface area contributed by atoms with Gasteiger partial charge in [0.2, 0.25) is 5.91 Å². The molecule has 0 aliphatic heterocycles. The van der Waals surface area contributed by atoms with Crippen LogP contribution in [0.5, 0.6) is 5.75 Å². The van der Waals surface area contributed by atoms with Gasteiger partial charge >= 0.3 is 5.97 Å². The predicted octanol–water partition coefficient (Wildman–Crippen LogP) is 4.02. The Kier molecular flexibility index (Phi) is 8.06. The van der Waals surface area contributed by atoms with Crippen LogP contribution in [0.25, 0.3) is 0 Å². The van der Waals surface area contributed by atoms with Gasteiger partial charge in [0.05, 0.1) is 34.2 Å². The van der Waals surface area contributed by atoms with Gasteiger partial charge in [-0.05, 0) is 49.4 Å². The van der Waals surface area contributed by atoms with Crippen molar-refractivity contribution in [2.45, 2.75) is 32.2 Å². The molecule has 1 fully saturated rings. The van der Waals surface area contributed by atoms with E-state index in [1.165, 1.54) is 19.2 Å². The van der Waals surface area contributed by atoms with Crippen LogP contribution in [0.3, 0.4) is 0 Å². The van der Waals surface area contributed by atoms with E-state index in [2.05, 4.69) is 10.6 Å². The SMILES string of the molecule is COc1ccc(CNC(=O)c2cc([N+](=O)[O-])ccc2NC(=O)[C@H]2CC[C@H](C(=O)O)CC2)cc1Cl. The standard InChI is InChI=1S/C23H24ClN3O7/c1-34-20-9-2-13(10-18(20)24)12-25-22(29)17-11-16(27(32)33)7-8-19(17)26-21(28)14-3-5-15(6-4-14)23(30)31/h2,7-11,14-15H,3-6,12H2,1H3,(H,25,29)(H,26,28)(H,30,31)/t14-,15-. The second kappa shape index (κ2) is 11.0. The van der Waals surface area contributed by atoms with E-state index in [-0.39, 0.29) is 29.4 Å². The number of hydrogen-bond donors (Lipinski definition) is 3. The van der Waals surface area contributed by atoms with Gasteiger partial charge in [0, 0.05) is 24.6 Å². The van der Waals surface area contributed by atoms with E-state index < -0.39 is 28.6 Å². The van der Waals surface area contributed by atoms with Crippen molar-refractivity contribution < 1.29 is 29.2 Å². The topological polar surface area (TPSA) is 148 Å². The van der Waals surface area contributed by atoms with Crippen LogP contribution in [0.15, 0.2) is 36.4 Å². The van der Waals surface area contributed by atoms with Crippen molar-refractivity contribution in [2.75, 3.05) is 12.4 Å². The Morgan fingerprint density at radius 2 is 1.79 bits per heavy atom. The van der Waals surface area contributed by atoms with Crippen LogP contribution in [0, 0.1) is 22.0 Å². The number of amides is 2. The van der Waals surface area contributed by atoms with E-state index in [0.717, 1.165) is 6.07 Å². The number of aliphatic carboxylic acids is 1. The minimum absolute atomic E-state index is 0.0543. The first kappa shape index (κ1) is 25.0. The van der Waals surface area contributed by atoms with Gasteiger partial charge < -0.3 is 20.5 Å². The molecule has 1 saturated carbocycles. The highest BCUT2D eigenvalue weighted by molar-refractivity contribution is 6.32. The molecule has 0 bridgehead atoms. The monoisotopic (exact) mass is 489 g/mol. The summed E-state index contributed by atoms with van der Waals surface area (Å²) in [5.74, 6) is -2.21. The molecule has 3 N–H and O–H groups in total. The third-order valence-corrected chi connectivity index (χ3v) is 6.13. The molecule has 0 heterocycles. The van der Waals surface area contributed by atoms with E-state index in [9.17, 15) is 24.5 Å². The van der Waals surface area contributed by atoms with Gasteiger partial charge in [0.25, 0.3) is 11.6 Å². The highest BCUT2D eigenvalue weighted by Gasteiger charge is 2.30. The molecular formula is C23H24ClN3O7. The molecule has 180 valence electrons. The maximum atomic E-state index is 12.9. The van der Waals surface area contributed by atoms with Gasteiger partial charge in [-0.25, -0.2) is 0 Å². The fourth-order valence-electron chi connectivity index (χ4n) is 3.88. The molecule has 0 unspecified atom stereocenters. The number of non-ortho nitro benzene ring substituents is 1. The second-order valence-electron chi connectivity index (χ2n) is 8.01. The Hall–Kier alpha value is -3.66. The molecule has 3 rings (SSSR count). The van der Waals surface area contributed by atoms with Crippen LogP contribution < -0.4 is 15.4 Å². The predicted molar refractivity (Wildman–Crippen MR) is 124 cm³/mol.